The van der Waals surface area contributed by atoms with Crippen LogP contribution in [0.4, 0.5) is 0 Å². The zero-order chi connectivity index (χ0) is 4.50. The molecule has 0 rings (SSSR count). The molecule has 0 aromatic heterocycles. The Balaban J connectivity index is -0.0000000133. The monoisotopic (exact) mass is 151 g/mol. The molecule has 9 heavy (non-hydrogen) atoms. The molecule has 0 saturated heterocycles. The largest absolute Gasteiger partial charge is 1.00 e. The molecule has 0 aliphatic rings. The van der Waals surface area contributed by atoms with Crippen LogP contribution in [0.5, 0.6) is 0 Å². The fourth-order valence-electron chi connectivity index (χ4n) is 0. The third kappa shape index (κ3) is 142. The van der Waals surface area contributed by atoms with Crippen molar-refractivity contribution in [3.8, 4) is 0 Å². The van der Waals surface area contributed by atoms with Gasteiger partial charge < -0.3 is 32.3 Å². The van der Waals surface area contributed by atoms with Gasteiger partial charge in [-0.15, -0.1) is 0 Å². The van der Waals surface area contributed by atoms with Crippen LogP contribution in [0, 0.1) is 0 Å². The number of hydrogen-bond acceptors (Lipinski definition) is 3. The fraction of sp³-hybridized carbons (Fsp3) is 0. The molecule has 0 aromatic rings. The van der Waals surface area contributed by atoms with Crippen molar-refractivity contribution in [2.45, 2.75) is 0 Å². The van der Waals surface area contributed by atoms with Crippen molar-refractivity contribution in [3.63, 3.8) is 0 Å². The molecule has 0 heterocycles. The molecule has 0 saturated carbocycles. The summed E-state index contributed by atoms with van der Waals surface area (Å²) in [6.45, 7) is 0. The van der Waals surface area contributed by atoms with Crippen LogP contribution in [0.15, 0.2) is 0 Å². The van der Waals surface area contributed by atoms with Crippen molar-refractivity contribution in [3.05, 3.63) is 0 Å². The molecule has 0 fully saturated rings. The van der Waals surface area contributed by atoms with Crippen LogP contribution >= 0.6 is 7.75 Å². The van der Waals surface area contributed by atoms with Crippen LogP contribution in [0.2, 0.25) is 0 Å². The molecule has 9 heteroatoms. The smallest absolute Gasteiger partial charge is 1.00 e. The second kappa shape index (κ2) is 12.8. The maximum atomic E-state index is 8.88. The van der Waals surface area contributed by atoms with E-state index >= 15 is 0 Å². The van der Waals surface area contributed by atoms with E-state index in [1.54, 1.807) is 0 Å². The molecule has 0 atom stereocenters. The van der Waals surface area contributed by atoms with E-state index in [1.165, 1.54) is 0 Å². The van der Waals surface area contributed by atoms with Gasteiger partial charge in [-0.3, -0.25) is 0 Å². The summed E-state index contributed by atoms with van der Waals surface area (Å²) in [6, 6.07) is 0. The fourth-order valence-corrected chi connectivity index (χ4v) is 0. The number of halogens is 1. The topological polar surface area (TPSA) is 89.2 Å². The zero-order valence-corrected chi connectivity index (χ0v) is 7.28. The van der Waals surface area contributed by atoms with Crippen LogP contribution in [0.1, 0.15) is 0 Å². The first kappa shape index (κ1) is 30.3. The number of hydrogen-bond donors (Lipinski definition) is 1. The average molecular weight is 151 g/mol. The van der Waals surface area contributed by atoms with E-state index in [9.17, 15) is 0 Å². The van der Waals surface area contributed by atoms with Gasteiger partial charge in [-0.05, 0) is 7.75 Å². The Hall–Kier alpha value is 2.19. The first-order chi connectivity index (χ1) is 2.00. The van der Waals surface area contributed by atoms with Crippen molar-refractivity contribution >= 4 is 7.75 Å². The molecular weight excluding hydrogens is 149 g/mol. The van der Waals surface area contributed by atoms with E-state index in [-0.39, 0.29) is 69.0 Å². The Bertz CT molecular complexity index is 65.2. The Kier molecular flexibility index (Phi) is 43.2. The van der Waals surface area contributed by atoms with E-state index in [2.05, 4.69) is 5.50 Å². The van der Waals surface area contributed by atoms with E-state index in [0.717, 1.165) is 0 Å². The molecule has 40 valence electrons. The Labute approximate surface area is 95.9 Å². The van der Waals surface area contributed by atoms with E-state index in [1.807, 2.05) is 0 Å². The molecule has 0 aromatic carbocycles. The quantitative estimate of drug-likeness (QED) is 0.275. The molecule has 0 aliphatic carbocycles. The Morgan fingerprint density at radius 2 is 1.11 bits per heavy atom. The summed E-state index contributed by atoms with van der Waals surface area (Å²) in [4.78, 5) is 17.8. The summed E-state index contributed by atoms with van der Waals surface area (Å²) in [6.07, 6.45) is 0. The maximum absolute atomic E-state index is 8.88. The van der Waals surface area contributed by atoms with Crippen molar-refractivity contribution < 1.29 is 83.3 Å². The van der Waals surface area contributed by atoms with Crippen LogP contribution in [0.3, 0.4) is 0 Å². The van der Waals surface area contributed by atoms with Gasteiger partial charge in [0.1, 0.15) is 0 Å². The SMILES string of the molecule is NP(=O)([O-])[O-].[Cl-].[Li+].[Li+].[Li+]. The summed E-state index contributed by atoms with van der Waals surface area (Å²) >= 11 is 0. The van der Waals surface area contributed by atoms with Gasteiger partial charge in [-0.25, -0.2) is 0 Å². The predicted octanol–water partition coefficient (Wildman–Crippen LogP) is -14.2. The van der Waals surface area contributed by atoms with Gasteiger partial charge in [-0.1, -0.05) is 0 Å². The van der Waals surface area contributed by atoms with Gasteiger partial charge in [0.15, 0.2) is 0 Å². The third-order valence-corrected chi connectivity index (χ3v) is 0. The normalized spacial score (nSPS) is 6.56. The van der Waals surface area contributed by atoms with E-state index in [0.29, 0.717) is 0 Å². The second-order valence-electron chi connectivity index (χ2n) is 0.540. The average Bonchev–Trinajstić information content (AvgIpc) is 0.722. The van der Waals surface area contributed by atoms with Gasteiger partial charge in [-0.2, -0.15) is 0 Å². The van der Waals surface area contributed by atoms with Gasteiger partial charge in [0, 0.05) is 0 Å². The molecule has 0 amide bonds. The number of rotatable bonds is 0. The van der Waals surface area contributed by atoms with Gasteiger partial charge >= 0.3 is 56.6 Å². The summed E-state index contributed by atoms with van der Waals surface area (Å²) in [5, 5.41) is 0. The molecule has 0 aliphatic heterocycles. The predicted molar refractivity (Wildman–Crippen MR) is 11.8 cm³/mol. The first-order valence-electron chi connectivity index (χ1n) is 0.806. The van der Waals surface area contributed by atoms with Crippen molar-refractivity contribution in [1.29, 1.82) is 0 Å². The molecule has 0 radical (unpaired) electrons. The Morgan fingerprint density at radius 3 is 1.11 bits per heavy atom. The molecule has 0 unspecified atom stereocenters. The minimum atomic E-state index is -4.64. The summed E-state index contributed by atoms with van der Waals surface area (Å²) in [7, 11) is -4.64. The zero-order valence-electron chi connectivity index (χ0n) is 5.63. The first-order valence-corrected chi connectivity index (χ1v) is 2.42. The van der Waals surface area contributed by atoms with Crippen LogP contribution in [0.25, 0.3) is 0 Å². The van der Waals surface area contributed by atoms with Gasteiger partial charge in [0.05, 0.1) is 0 Å². The minimum Gasteiger partial charge on any atom is -1.00 e. The molecule has 0 bridgehead atoms. The van der Waals surface area contributed by atoms with Crippen molar-refractivity contribution in [1.82, 2.24) is 0 Å². The standard InChI is InChI=1S/ClH.3Li.H4NO3P/c;;;;1-5(2,3)4/h1H;;;;(H4,1,2,3,4)/q;3*+1;/p-3. The molecular formula is H2ClLi3NO3P. The summed E-state index contributed by atoms with van der Waals surface area (Å²) < 4.78 is 8.88. The maximum Gasteiger partial charge on any atom is 1.00 e. The third-order valence-electron chi connectivity index (χ3n) is 0. The van der Waals surface area contributed by atoms with Crippen LogP contribution < -0.4 is 84.3 Å². The number of nitrogens with two attached hydrogens (primary N) is 1. The van der Waals surface area contributed by atoms with E-state index < -0.39 is 7.75 Å². The minimum absolute atomic E-state index is 0. The molecule has 2 N–H and O–H groups in total. The van der Waals surface area contributed by atoms with Crippen molar-refractivity contribution in [2.24, 2.45) is 5.50 Å². The summed E-state index contributed by atoms with van der Waals surface area (Å²) in [5.74, 6) is 0. The van der Waals surface area contributed by atoms with Gasteiger partial charge in [0.25, 0.3) is 0 Å². The summed E-state index contributed by atoms with van der Waals surface area (Å²) in [5.41, 5.74) is 3.80. The Morgan fingerprint density at radius 1 is 1.11 bits per heavy atom. The van der Waals surface area contributed by atoms with E-state index in [4.69, 9.17) is 14.4 Å². The second-order valence-corrected chi connectivity index (χ2v) is 1.62. The van der Waals surface area contributed by atoms with Gasteiger partial charge in [0.2, 0.25) is 0 Å². The molecule has 4 nitrogen and oxygen atoms in total. The molecule has 0 spiro atoms. The van der Waals surface area contributed by atoms with Crippen LogP contribution in [-0.4, -0.2) is 0 Å². The van der Waals surface area contributed by atoms with Crippen molar-refractivity contribution in [2.75, 3.05) is 0 Å². The van der Waals surface area contributed by atoms with Crippen LogP contribution in [-0.2, 0) is 4.57 Å².